The Morgan fingerprint density at radius 2 is 2.33 bits per heavy atom. The molecule has 0 radical (unpaired) electrons. The van der Waals surface area contributed by atoms with Gasteiger partial charge in [0.25, 0.3) is 0 Å². The summed E-state index contributed by atoms with van der Waals surface area (Å²) in [5.41, 5.74) is 8.36. The predicted octanol–water partition coefficient (Wildman–Crippen LogP) is 2.12. The van der Waals surface area contributed by atoms with E-state index in [1.54, 1.807) is 0 Å². The largest absolute Gasteiger partial charge is 0.325 e. The van der Waals surface area contributed by atoms with Crippen LogP contribution in [0.5, 0.6) is 0 Å². The Kier molecular flexibility index (Phi) is 2.00. The molecular formula is C11H13N3S. The summed E-state index contributed by atoms with van der Waals surface area (Å²) in [4.78, 5) is 4.37. The van der Waals surface area contributed by atoms with Crippen LogP contribution in [0.1, 0.15) is 25.0 Å². The molecule has 78 valence electrons. The third kappa shape index (κ3) is 1.75. The minimum Gasteiger partial charge on any atom is -0.325 e. The normalized spacial score (nSPS) is 18.2. The predicted molar refractivity (Wildman–Crippen MR) is 61.9 cm³/mol. The molecule has 1 aliphatic carbocycles. The zero-order valence-corrected chi connectivity index (χ0v) is 9.26. The van der Waals surface area contributed by atoms with Crippen LogP contribution >= 0.6 is 11.5 Å². The van der Waals surface area contributed by atoms with E-state index in [1.807, 2.05) is 12.3 Å². The van der Waals surface area contributed by atoms with Gasteiger partial charge >= 0.3 is 0 Å². The highest BCUT2D eigenvalue weighted by atomic mass is 32.1. The van der Waals surface area contributed by atoms with E-state index in [4.69, 9.17) is 5.73 Å². The van der Waals surface area contributed by atoms with Gasteiger partial charge in [0.05, 0.1) is 10.4 Å². The Balaban J connectivity index is 1.84. The van der Waals surface area contributed by atoms with Crippen molar-refractivity contribution in [3.05, 3.63) is 24.0 Å². The molecule has 15 heavy (non-hydrogen) atoms. The van der Waals surface area contributed by atoms with E-state index < -0.39 is 0 Å². The van der Waals surface area contributed by atoms with Crippen LogP contribution < -0.4 is 5.73 Å². The first kappa shape index (κ1) is 9.24. The summed E-state index contributed by atoms with van der Waals surface area (Å²) in [6.45, 7) is 0. The van der Waals surface area contributed by atoms with E-state index in [0.717, 1.165) is 24.1 Å². The molecular weight excluding hydrogens is 206 g/mol. The fourth-order valence-corrected chi connectivity index (χ4v) is 2.55. The maximum Gasteiger partial charge on any atom is 0.104 e. The van der Waals surface area contributed by atoms with Crippen molar-refractivity contribution >= 4 is 21.7 Å². The molecule has 3 rings (SSSR count). The lowest BCUT2D eigenvalue weighted by Crippen LogP contribution is -2.22. The van der Waals surface area contributed by atoms with Gasteiger partial charge in [0.1, 0.15) is 5.52 Å². The van der Waals surface area contributed by atoms with Crippen LogP contribution in [-0.4, -0.2) is 14.9 Å². The summed E-state index contributed by atoms with van der Waals surface area (Å²) in [6, 6.07) is 4.02. The minimum atomic E-state index is 0.116. The van der Waals surface area contributed by atoms with E-state index in [9.17, 15) is 0 Å². The number of pyridine rings is 1. The Hall–Kier alpha value is -1.00. The van der Waals surface area contributed by atoms with E-state index in [2.05, 4.69) is 15.4 Å². The average Bonchev–Trinajstić information content (AvgIpc) is 2.86. The number of hydrogen-bond acceptors (Lipinski definition) is 4. The molecule has 0 aliphatic heterocycles. The van der Waals surface area contributed by atoms with Gasteiger partial charge in [-0.2, -0.15) is 4.37 Å². The standard InChI is InChI=1S/C11H13N3S/c12-11(5-6-11)4-3-8-10-9(15-14-8)2-1-7-13-10/h1-2,7H,3-6,12H2. The number of nitrogens with zero attached hydrogens (tertiary/aromatic N) is 2. The fraction of sp³-hybridized carbons (Fsp3) is 0.455. The van der Waals surface area contributed by atoms with Gasteiger partial charge in [0.2, 0.25) is 0 Å². The van der Waals surface area contributed by atoms with Crippen LogP contribution in [0, 0.1) is 0 Å². The van der Waals surface area contributed by atoms with Gasteiger partial charge < -0.3 is 5.73 Å². The molecule has 0 spiro atoms. The molecule has 4 heteroatoms. The second-order valence-corrected chi connectivity index (χ2v) is 5.15. The lowest BCUT2D eigenvalue weighted by Gasteiger charge is -2.05. The number of hydrogen-bond donors (Lipinski definition) is 1. The van der Waals surface area contributed by atoms with Crippen molar-refractivity contribution < 1.29 is 0 Å². The van der Waals surface area contributed by atoms with Gasteiger partial charge in [-0.3, -0.25) is 4.98 Å². The molecule has 0 amide bonds. The topological polar surface area (TPSA) is 51.8 Å². The van der Waals surface area contributed by atoms with Crippen LogP contribution in [0.3, 0.4) is 0 Å². The van der Waals surface area contributed by atoms with Gasteiger partial charge in [0, 0.05) is 11.7 Å². The SMILES string of the molecule is NC1(CCc2nsc3cccnc23)CC1. The van der Waals surface area contributed by atoms with Crippen molar-refractivity contribution in [2.75, 3.05) is 0 Å². The molecule has 0 bridgehead atoms. The molecule has 3 nitrogen and oxygen atoms in total. The summed E-state index contributed by atoms with van der Waals surface area (Å²) >= 11 is 1.53. The van der Waals surface area contributed by atoms with Crippen LogP contribution in [0.4, 0.5) is 0 Å². The van der Waals surface area contributed by atoms with Crippen LogP contribution in [-0.2, 0) is 6.42 Å². The third-order valence-corrected chi connectivity index (χ3v) is 3.89. The molecule has 0 atom stereocenters. The Bertz CT molecular complexity index is 487. The van der Waals surface area contributed by atoms with Gasteiger partial charge in [-0.25, -0.2) is 0 Å². The Morgan fingerprint density at radius 1 is 1.47 bits per heavy atom. The van der Waals surface area contributed by atoms with Crippen molar-refractivity contribution in [2.24, 2.45) is 5.73 Å². The van der Waals surface area contributed by atoms with Crippen molar-refractivity contribution in [2.45, 2.75) is 31.2 Å². The van der Waals surface area contributed by atoms with Gasteiger partial charge in [-0.05, 0) is 49.3 Å². The maximum atomic E-state index is 6.06. The monoisotopic (exact) mass is 219 g/mol. The van der Waals surface area contributed by atoms with Crippen LogP contribution in [0.2, 0.25) is 0 Å². The van der Waals surface area contributed by atoms with Gasteiger partial charge in [0.15, 0.2) is 0 Å². The zero-order chi connectivity index (χ0) is 10.3. The molecule has 2 aromatic heterocycles. The number of aromatic nitrogens is 2. The van der Waals surface area contributed by atoms with Crippen molar-refractivity contribution in [1.29, 1.82) is 0 Å². The Morgan fingerprint density at radius 3 is 3.13 bits per heavy atom. The number of rotatable bonds is 3. The van der Waals surface area contributed by atoms with Crippen LogP contribution in [0.25, 0.3) is 10.2 Å². The quantitative estimate of drug-likeness (QED) is 0.860. The third-order valence-electron chi connectivity index (χ3n) is 3.05. The van der Waals surface area contributed by atoms with Crippen molar-refractivity contribution in [3.8, 4) is 0 Å². The number of fused-ring (bicyclic) bond motifs is 1. The van der Waals surface area contributed by atoms with Gasteiger partial charge in [-0.1, -0.05) is 0 Å². The molecule has 2 heterocycles. The second kappa shape index (κ2) is 3.25. The van der Waals surface area contributed by atoms with Crippen LogP contribution in [0.15, 0.2) is 18.3 Å². The first-order valence-corrected chi connectivity index (χ1v) is 6.02. The summed E-state index contributed by atoms with van der Waals surface area (Å²) in [5.74, 6) is 0. The molecule has 2 N–H and O–H groups in total. The molecule has 1 saturated carbocycles. The highest BCUT2D eigenvalue weighted by Gasteiger charge is 2.37. The fourth-order valence-electron chi connectivity index (χ4n) is 1.77. The Labute approximate surface area is 92.5 Å². The van der Waals surface area contributed by atoms with Crippen molar-refractivity contribution in [3.63, 3.8) is 0 Å². The highest BCUT2D eigenvalue weighted by Crippen LogP contribution is 2.37. The molecule has 0 unspecified atom stereocenters. The zero-order valence-electron chi connectivity index (χ0n) is 8.44. The summed E-state index contributed by atoms with van der Waals surface area (Å²) in [5, 5.41) is 0. The first-order valence-electron chi connectivity index (χ1n) is 5.25. The second-order valence-electron chi connectivity index (χ2n) is 4.34. The summed E-state index contributed by atoms with van der Waals surface area (Å²) in [7, 11) is 0. The lowest BCUT2D eigenvalue weighted by molar-refractivity contribution is 0.606. The smallest absolute Gasteiger partial charge is 0.104 e. The molecule has 0 aromatic carbocycles. The highest BCUT2D eigenvalue weighted by molar-refractivity contribution is 7.13. The summed E-state index contributed by atoms with van der Waals surface area (Å²) in [6.07, 6.45) is 6.18. The van der Waals surface area contributed by atoms with E-state index in [1.165, 1.54) is 29.1 Å². The van der Waals surface area contributed by atoms with Crippen molar-refractivity contribution in [1.82, 2.24) is 9.36 Å². The van der Waals surface area contributed by atoms with E-state index in [-0.39, 0.29) is 5.54 Å². The lowest BCUT2D eigenvalue weighted by atomic mass is 10.1. The first-order chi connectivity index (χ1) is 7.27. The maximum absolute atomic E-state index is 6.06. The molecule has 2 aromatic rings. The number of nitrogens with two attached hydrogens (primary N) is 1. The van der Waals surface area contributed by atoms with E-state index in [0.29, 0.717) is 0 Å². The summed E-state index contributed by atoms with van der Waals surface area (Å²) < 4.78 is 5.63. The van der Waals surface area contributed by atoms with Gasteiger partial charge in [-0.15, -0.1) is 0 Å². The average molecular weight is 219 g/mol. The molecule has 1 aliphatic rings. The minimum absolute atomic E-state index is 0.116. The number of aryl methyl sites for hydroxylation is 1. The van der Waals surface area contributed by atoms with E-state index >= 15 is 0 Å². The molecule has 0 saturated heterocycles. The molecule has 1 fully saturated rings.